The molecule has 2 aromatic heterocycles. The summed E-state index contributed by atoms with van der Waals surface area (Å²) in [7, 11) is 0.307. The Labute approximate surface area is 179 Å². The molecule has 0 saturated carbocycles. The van der Waals surface area contributed by atoms with Crippen LogP contribution in [0, 0.1) is 0 Å². The third-order valence-corrected chi connectivity index (χ3v) is 7.11. The first-order valence-corrected chi connectivity index (χ1v) is 11.9. The van der Waals surface area contributed by atoms with E-state index >= 15 is 0 Å². The van der Waals surface area contributed by atoms with Gasteiger partial charge >= 0.3 is 0 Å². The van der Waals surface area contributed by atoms with Crippen molar-refractivity contribution in [3.63, 3.8) is 0 Å². The van der Waals surface area contributed by atoms with Crippen molar-refractivity contribution in [2.75, 3.05) is 37.4 Å². The van der Waals surface area contributed by atoms with E-state index in [1.165, 1.54) is 11.5 Å². The van der Waals surface area contributed by atoms with Gasteiger partial charge in [0, 0.05) is 67.6 Å². The standard InChI is InChI=1S/C20H24N6O2S2/c1-25(2)17-9-5-8-16-15(17)7-6-10-18(16)30(27,28)23-12-4-3-11-21-19-24-29-20-22-13-14-26(19)20/h5-10,13-14,23H,3-4,11-12H2,1-2H3,(H,21,24). The van der Waals surface area contributed by atoms with E-state index in [2.05, 4.69) is 19.4 Å². The normalized spacial score (nSPS) is 11.9. The van der Waals surface area contributed by atoms with Gasteiger partial charge in [0.15, 0.2) is 0 Å². The molecule has 0 bridgehead atoms. The van der Waals surface area contributed by atoms with Gasteiger partial charge in [0.2, 0.25) is 20.9 Å². The van der Waals surface area contributed by atoms with Gasteiger partial charge in [-0.1, -0.05) is 24.3 Å². The number of unbranched alkanes of at least 4 members (excludes halogenated alkanes) is 1. The van der Waals surface area contributed by atoms with Crippen molar-refractivity contribution in [3.8, 4) is 0 Å². The molecular weight excluding hydrogens is 420 g/mol. The molecule has 0 unspecified atom stereocenters. The summed E-state index contributed by atoms with van der Waals surface area (Å²) >= 11 is 1.34. The quantitative estimate of drug-likeness (QED) is 0.385. The van der Waals surface area contributed by atoms with Crippen LogP contribution in [0.1, 0.15) is 12.8 Å². The van der Waals surface area contributed by atoms with E-state index in [1.807, 2.05) is 53.9 Å². The van der Waals surface area contributed by atoms with Gasteiger partial charge in [-0.25, -0.2) is 18.1 Å². The summed E-state index contributed by atoms with van der Waals surface area (Å²) in [5.74, 6) is 0.764. The predicted molar refractivity (Wildman–Crippen MR) is 122 cm³/mol. The first-order valence-electron chi connectivity index (χ1n) is 9.69. The number of hydrogen-bond acceptors (Lipinski definition) is 7. The van der Waals surface area contributed by atoms with Crippen LogP contribution in [-0.4, -0.2) is 49.4 Å². The highest BCUT2D eigenvalue weighted by atomic mass is 32.2. The highest BCUT2D eigenvalue weighted by molar-refractivity contribution is 7.89. The average Bonchev–Trinajstić information content (AvgIpc) is 3.34. The summed E-state index contributed by atoms with van der Waals surface area (Å²) in [5.41, 5.74) is 0.990. The highest BCUT2D eigenvalue weighted by Gasteiger charge is 2.18. The number of hydrogen-bond donors (Lipinski definition) is 2. The third-order valence-electron chi connectivity index (χ3n) is 4.86. The molecule has 2 heterocycles. The fourth-order valence-electron chi connectivity index (χ4n) is 3.39. The Hall–Kier alpha value is -2.69. The molecule has 30 heavy (non-hydrogen) atoms. The molecule has 0 saturated heterocycles. The molecule has 0 atom stereocenters. The van der Waals surface area contributed by atoms with Crippen LogP contribution in [0.2, 0.25) is 0 Å². The van der Waals surface area contributed by atoms with Crippen molar-refractivity contribution < 1.29 is 8.42 Å². The highest BCUT2D eigenvalue weighted by Crippen LogP contribution is 2.30. The minimum Gasteiger partial charge on any atom is -0.377 e. The summed E-state index contributed by atoms with van der Waals surface area (Å²) in [6, 6.07) is 11.1. The second-order valence-corrected chi connectivity index (χ2v) is 9.61. The predicted octanol–water partition coefficient (Wildman–Crippen LogP) is 3.18. The lowest BCUT2D eigenvalue weighted by Gasteiger charge is -2.17. The zero-order chi connectivity index (χ0) is 21.1. The SMILES string of the molecule is CN(C)c1cccc2c(S(=O)(=O)NCCCCNc3nsc4nccn34)cccc12. The van der Waals surface area contributed by atoms with Crippen LogP contribution in [-0.2, 0) is 10.0 Å². The van der Waals surface area contributed by atoms with Crippen LogP contribution in [0.4, 0.5) is 11.6 Å². The van der Waals surface area contributed by atoms with Gasteiger partial charge in [-0.05, 0) is 25.0 Å². The van der Waals surface area contributed by atoms with Gasteiger partial charge in [0.05, 0.1) is 4.90 Å². The largest absolute Gasteiger partial charge is 0.377 e. The molecule has 0 amide bonds. The molecule has 2 N–H and O–H groups in total. The van der Waals surface area contributed by atoms with Gasteiger partial charge in [0.25, 0.3) is 0 Å². The van der Waals surface area contributed by atoms with Crippen molar-refractivity contribution in [1.82, 2.24) is 18.5 Å². The van der Waals surface area contributed by atoms with E-state index < -0.39 is 10.0 Å². The maximum atomic E-state index is 12.9. The second-order valence-electron chi connectivity index (χ2n) is 7.14. The van der Waals surface area contributed by atoms with Gasteiger partial charge in [-0.15, -0.1) is 0 Å². The number of anilines is 2. The molecule has 0 fully saturated rings. The topological polar surface area (TPSA) is 91.6 Å². The third kappa shape index (κ3) is 4.11. The number of sulfonamides is 1. The van der Waals surface area contributed by atoms with E-state index in [0.717, 1.165) is 40.2 Å². The Bertz CT molecular complexity index is 1260. The maximum absolute atomic E-state index is 12.9. The fourth-order valence-corrected chi connectivity index (χ4v) is 5.35. The Balaban J connectivity index is 1.35. The lowest BCUT2D eigenvalue weighted by atomic mass is 10.1. The van der Waals surface area contributed by atoms with E-state index in [0.29, 0.717) is 18.0 Å². The molecule has 0 aliphatic carbocycles. The zero-order valence-electron chi connectivity index (χ0n) is 16.9. The Kier molecular flexibility index (Phi) is 5.89. The molecule has 0 spiro atoms. The Morgan fingerprint density at radius 2 is 1.83 bits per heavy atom. The minimum absolute atomic E-state index is 0.312. The average molecular weight is 445 g/mol. The van der Waals surface area contributed by atoms with Crippen molar-refractivity contribution in [3.05, 3.63) is 48.8 Å². The molecule has 4 rings (SSSR count). The minimum atomic E-state index is -3.59. The summed E-state index contributed by atoms with van der Waals surface area (Å²) in [4.78, 5) is 7.33. The molecule has 8 nitrogen and oxygen atoms in total. The molecule has 0 radical (unpaired) electrons. The van der Waals surface area contributed by atoms with E-state index in [1.54, 1.807) is 18.3 Å². The summed E-state index contributed by atoms with van der Waals surface area (Å²) in [6.45, 7) is 1.09. The lowest BCUT2D eigenvalue weighted by Crippen LogP contribution is -2.25. The van der Waals surface area contributed by atoms with Gasteiger partial charge < -0.3 is 10.2 Å². The van der Waals surface area contributed by atoms with Crippen molar-refractivity contribution in [1.29, 1.82) is 0 Å². The van der Waals surface area contributed by atoms with Crippen molar-refractivity contribution >= 4 is 48.9 Å². The summed E-state index contributed by atoms with van der Waals surface area (Å²) in [5, 5.41) is 4.91. The van der Waals surface area contributed by atoms with Gasteiger partial charge in [-0.3, -0.25) is 4.40 Å². The van der Waals surface area contributed by atoms with Crippen molar-refractivity contribution in [2.45, 2.75) is 17.7 Å². The van der Waals surface area contributed by atoms with Crippen molar-refractivity contribution in [2.24, 2.45) is 0 Å². The van der Waals surface area contributed by atoms with E-state index in [-0.39, 0.29) is 0 Å². The summed E-state index contributed by atoms with van der Waals surface area (Å²) < 4.78 is 34.8. The first kappa shape index (κ1) is 20.6. The van der Waals surface area contributed by atoms with Crippen LogP contribution < -0.4 is 14.9 Å². The van der Waals surface area contributed by atoms with Gasteiger partial charge in [0.1, 0.15) is 0 Å². The zero-order valence-corrected chi connectivity index (χ0v) is 18.5. The van der Waals surface area contributed by atoms with E-state index in [9.17, 15) is 8.42 Å². The van der Waals surface area contributed by atoms with Crippen LogP contribution in [0.15, 0.2) is 53.7 Å². The molecule has 2 aromatic carbocycles. The fraction of sp³-hybridized carbons (Fsp3) is 0.300. The van der Waals surface area contributed by atoms with Crippen LogP contribution in [0.25, 0.3) is 15.7 Å². The molecule has 4 aromatic rings. The van der Waals surface area contributed by atoms with Crippen LogP contribution >= 0.6 is 11.5 Å². The summed E-state index contributed by atoms with van der Waals surface area (Å²) in [6.07, 6.45) is 5.14. The maximum Gasteiger partial charge on any atom is 0.241 e. The van der Waals surface area contributed by atoms with Gasteiger partial charge in [-0.2, -0.15) is 4.37 Å². The Morgan fingerprint density at radius 3 is 2.67 bits per heavy atom. The molecule has 10 heteroatoms. The van der Waals surface area contributed by atoms with E-state index in [4.69, 9.17) is 0 Å². The number of aromatic nitrogens is 3. The molecule has 158 valence electrons. The first-order chi connectivity index (χ1) is 14.5. The number of rotatable bonds is 9. The van der Waals surface area contributed by atoms with Crippen LogP contribution in [0.3, 0.4) is 0 Å². The molecular formula is C20H24N6O2S2. The molecule has 0 aliphatic rings. The monoisotopic (exact) mass is 444 g/mol. The number of nitrogens with one attached hydrogen (secondary N) is 2. The number of benzene rings is 2. The Morgan fingerprint density at radius 1 is 1.07 bits per heavy atom. The second kappa shape index (κ2) is 8.58. The number of fused-ring (bicyclic) bond motifs is 2. The molecule has 0 aliphatic heterocycles. The smallest absolute Gasteiger partial charge is 0.241 e. The lowest BCUT2D eigenvalue weighted by molar-refractivity contribution is 0.578. The number of imidazole rings is 1. The number of nitrogens with zero attached hydrogens (tertiary/aromatic N) is 4. The van der Waals surface area contributed by atoms with Crippen LogP contribution in [0.5, 0.6) is 0 Å².